The summed E-state index contributed by atoms with van der Waals surface area (Å²) in [6.07, 6.45) is -0.883. The first-order valence-electron chi connectivity index (χ1n) is 9.88. The molecule has 0 bridgehead atoms. The zero-order valence-electron chi connectivity index (χ0n) is 17.9. The van der Waals surface area contributed by atoms with E-state index < -0.39 is 6.10 Å². The van der Waals surface area contributed by atoms with Gasteiger partial charge in [-0.15, -0.1) is 11.3 Å². The third-order valence-corrected chi connectivity index (χ3v) is 6.32. The molecular formula is C24H23N3O4S. The number of nitrogen functional groups attached to an aromatic ring is 1. The molecule has 0 aliphatic heterocycles. The normalized spacial score (nSPS) is 11.9. The van der Waals surface area contributed by atoms with E-state index in [0.717, 1.165) is 0 Å². The standard InChI is InChI=1S/C24H23N3O4S/c1-13-18(21(28)14-7-9-16(30-2)10-8-14)12-19-20(25)22(32-24(19)26-13)23(29)27-15-5-4-6-17(11-15)31-3/h4-12,21,28H,25H2,1-3H3,(H,27,29). The number of anilines is 2. The van der Waals surface area contributed by atoms with E-state index in [1.165, 1.54) is 11.3 Å². The van der Waals surface area contributed by atoms with Crippen LogP contribution in [-0.4, -0.2) is 30.2 Å². The van der Waals surface area contributed by atoms with Gasteiger partial charge in [-0.1, -0.05) is 18.2 Å². The van der Waals surface area contributed by atoms with Crippen molar-refractivity contribution in [1.29, 1.82) is 0 Å². The Morgan fingerprint density at radius 3 is 2.50 bits per heavy atom. The van der Waals surface area contributed by atoms with Crippen LogP contribution in [0.25, 0.3) is 10.2 Å². The highest BCUT2D eigenvalue weighted by Crippen LogP contribution is 2.37. The monoisotopic (exact) mass is 449 g/mol. The summed E-state index contributed by atoms with van der Waals surface area (Å²) in [4.78, 5) is 18.5. The number of thiophene rings is 1. The second-order valence-electron chi connectivity index (χ2n) is 7.22. The summed E-state index contributed by atoms with van der Waals surface area (Å²) in [6, 6.07) is 16.1. The van der Waals surface area contributed by atoms with Gasteiger partial charge in [0.2, 0.25) is 0 Å². The SMILES string of the molecule is COc1ccc(C(O)c2cc3c(N)c(C(=O)Nc4cccc(OC)c4)sc3nc2C)cc1. The number of nitrogens with one attached hydrogen (secondary N) is 1. The van der Waals surface area contributed by atoms with Crippen LogP contribution in [0, 0.1) is 6.92 Å². The molecule has 2 aromatic heterocycles. The molecule has 0 radical (unpaired) electrons. The topological polar surface area (TPSA) is 107 Å². The maximum absolute atomic E-state index is 12.9. The van der Waals surface area contributed by atoms with Crippen LogP contribution in [-0.2, 0) is 0 Å². The van der Waals surface area contributed by atoms with Crippen LogP contribution in [0.5, 0.6) is 11.5 Å². The fraction of sp³-hybridized carbons (Fsp3) is 0.167. The van der Waals surface area contributed by atoms with Gasteiger partial charge in [0.25, 0.3) is 5.91 Å². The fourth-order valence-corrected chi connectivity index (χ4v) is 4.46. The highest BCUT2D eigenvalue weighted by molar-refractivity contribution is 7.21. The van der Waals surface area contributed by atoms with Crippen LogP contribution in [0.2, 0.25) is 0 Å². The minimum absolute atomic E-state index is 0.325. The average molecular weight is 450 g/mol. The third-order valence-electron chi connectivity index (χ3n) is 5.21. The predicted molar refractivity (Wildman–Crippen MR) is 127 cm³/mol. The van der Waals surface area contributed by atoms with Gasteiger partial charge < -0.3 is 25.6 Å². The van der Waals surface area contributed by atoms with E-state index in [0.29, 0.717) is 54.8 Å². The number of benzene rings is 2. The van der Waals surface area contributed by atoms with Crippen LogP contribution in [0.1, 0.15) is 32.6 Å². The Labute approximate surface area is 189 Å². The molecule has 0 saturated heterocycles. The maximum atomic E-state index is 12.9. The molecule has 2 aromatic carbocycles. The summed E-state index contributed by atoms with van der Waals surface area (Å²) < 4.78 is 10.4. The molecule has 0 spiro atoms. The second-order valence-corrected chi connectivity index (χ2v) is 8.22. The quantitative estimate of drug-likeness (QED) is 0.399. The molecule has 7 nitrogen and oxygen atoms in total. The number of aliphatic hydroxyl groups is 1. The highest BCUT2D eigenvalue weighted by atomic mass is 32.1. The molecule has 0 fully saturated rings. The lowest BCUT2D eigenvalue weighted by atomic mass is 9.99. The second kappa shape index (κ2) is 8.86. The molecular weight excluding hydrogens is 426 g/mol. The fourth-order valence-electron chi connectivity index (χ4n) is 3.44. The Hall–Kier alpha value is -3.62. The van der Waals surface area contributed by atoms with Crippen LogP contribution >= 0.6 is 11.3 Å². The summed E-state index contributed by atoms with van der Waals surface area (Å²) in [5.41, 5.74) is 9.28. The molecule has 4 rings (SSSR count). The Kier molecular flexibility index (Phi) is 5.98. The smallest absolute Gasteiger partial charge is 0.267 e. The number of nitrogens with two attached hydrogens (primary N) is 1. The van der Waals surface area contributed by atoms with Gasteiger partial charge in [-0.05, 0) is 42.8 Å². The van der Waals surface area contributed by atoms with Gasteiger partial charge in [0, 0.05) is 28.4 Å². The summed E-state index contributed by atoms with van der Waals surface area (Å²) >= 11 is 1.22. The molecule has 8 heteroatoms. The van der Waals surface area contributed by atoms with Gasteiger partial charge >= 0.3 is 0 Å². The van der Waals surface area contributed by atoms with Crippen molar-refractivity contribution in [2.24, 2.45) is 0 Å². The predicted octanol–water partition coefficient (Wildman–Crippen LogP) is 4.54. The summed E-state index contributed by atoms with van der Waals surface area (Å²) in [7, 11) is 3.16. The Bertz CT molecular complexity index is 1280. The number of rotatable bonds is 6. The van der Waals surface area contributed by atoms with E-state index in [-0.39, 0.29) is 5.91 Å². The zero-order chi connectivity index (χ0) is 22.8. The van der Waals surface area contributed by atoms with Gasteiger partial charge in [0.15, 0.2) is 0 Å². The van der Waals surface area contributed by atoms with E-state index in [1.807, 2.05) is 6.92 Å². The molecule has 1 amide bonds. The highest BCUT2D eigenvalue weighted by Gasteiger charge is 2.21. The number of methoxy groups -OCH3 is 2. The molecule has 1 unspecified atom stereocenters. The van der Waals surface area contributed by atoms with E-state index in [2.05, 4.69) is 10.3 Å². The lowest BCUT2D eigenvalue weighted by Gasteiger charge is -2.14. The van der Waals surface area contributed by atoms with Crippen molar-refractivity contribution >= 4 is 38.8 Å². The van der Waals surface area contributed by atoms with Gasteiger partial charge in [0.05, 0.1) is 19.9 Å². The first kappa shape index (κ1) is 21.6. The first-order chi connectivity index (χ1) is 15.4. The molecule has 164 valence electrons. The number of fused-ring (bicyclic) bond motifs is 1. The molecule has 0 aliphatic rings. The number of hydrogen-bond donors (Lipinski definition) is 3. The van der Waals surface area contributed by atoms with E-state index in [1.54, 1.807) is 68.8 Å². The summed E-state index contributed by atoms with van der Waals surface area (Å²) in [5, 5.41) is 14.4. The number of aryl methyl sites for hydroxylation is 1. The van der Waals surface area contributed by atoms with Gasteiger partial charge in [0.1, 0.15) is 27.3 Å². The molecule has 0 aliphatic carbocycles. The Balaban J connectivity index is 1.66. The van der Waals surface area contributed by atoms with Crippen molar-refractivity contribution < 1.29 is 19.4 Å². The van der Waals surface area contributed by atoms with Crippen LogP contribution in [0.15, 0.2) is 54.6 Å². The van der Waals surface area contributed by atoms with E-state index in [9.17, 15) is 9.90 Å². The van der Waals surface area contributed by atoms with Crippen LogP contribution < -0.4 is 20.5 Å². The number of carbonyl (C=O) groups excluding carboxylic acids is 1. The number of aliphatic hydroxyl groups excluding tert-OH is 1. The number of aromatic nitrogens is 1. The molecule has 4 aromatic rings. The molecule has 32 heavy (non-hydrogen) atoms. The van der Waals surface area contributed by atoms with Crippen molar-refractivity contribution in [2.45, 2.75) is 13.0 Å². The summed E-state index contributed by atoms with van der Waals surface area (Å²) in [6.45, 7) is 1.83. The minimum Gasteiger partial charge on any atom is -0.497 e. The van der Waals surface area contributed by atoms with Gasteiger partial charge in [-0.2, -0.15) is 0 Å². The molecule has 4 N–H and O–H groups in total. The van der Waals surface area contributed by atoms with E-state index >= 15 is 0 Å². The molecule has 2 heterocycles. The zero-order valence-corrected chi connectivity index (χ0v) is 18.7. The first-order valence-corrected chi connectivity index (χ1v) is 10.7. The Morgan fingerprint density at radius 2 is 1.81 bits per heavy atom. The number of nitrogens with zero attached hydrogens (tertiary/aromatic N) is 1. The molecule has 0 saturated carbocycles. The lowest BCUT2D eigenvalue weighted by molar-refractivity contribution is 0.103. The van der Waals surface area contributed by atoms with Gasteiger partial charge in [-0.3, -0.25) is 4.79 Å². The third kappa shape index (κ3) is 4.10. The van der Waals surface area contributed by atoms with Crippen molar-refractivity contribution in [3.8, 4) is 11.5 Å². The van der Waals surface area contributed by atoms with Crippen molar-refractivity contribution in [1.82, 2.24) is 4.98 Å². The summed E-state index contributed by atoms with van der Waals surface area (Å²) in [5.74, 6) is 1.02. The Morgan fingerprint density at radius 1 is 1.09 bits per heavy atom. The maximum Gasteiger partial charge on any atom is 0.267 e. The van der Waals surface area contributed by atoms with Gasteiger partial charge in [-0.25, -0.2) is 4.98 Å². The number of ether oxygens (including phenoxy) is 2. The van der Waals surface area contributed by atoms with E-state index in [4.69, 9.17) is 15.2 Å². The van der Waals surface area contributed by atoms with Crippen LogP contribution in [0.3, 0.4) is 0 Å². The molecule has 1 atom stereocenters. The van der Waals surface area contributed by atoms with Crippen LogP contribution in [0.4, 0.5) is 11.4 Å². The van der Waals surface area contributed by atoms with Crippen molar-refractivity contribution in [3.05, 3.63) is 76.3 Å². The van der Waals surface area contributed by atoms with Crippen molar-refractivity contribution in [2.75, 3.05) is 25.3 Å². The number of pyridine rings is 1. The lowest BCUT2D eigenvalue weighted by Crippen LogP contribution is -2.12. The number of hydrogen-bond acceptors (Lipinski definition) is 7. The minimum atomic E-state index is -0.883. The van der Waals surface area contributed by atoms with Crippen molar-refractivity contribution in [3.63, 3.8) is 0 Å². The number of amides is 1. The largest absolute Gasteiger partial charge is 0.497 e. The average Bonchev–Trinajstić information content (AvgIpc) is 3.13. The number of carbonyl (C=O) groups is 1.